The summed E-state index contributed by atoms with van der Waals surface area (Å²) < 4.78 is 43.4. The summed E-state index contributed by atoms with van der Waals surface area (Å²) in [6.45, 7) is -0.0508. The molecule has 0 amide bonds. The zero-order chi connectivity index (χ0) is 12.1. The summed E-state index contributed by atoms with van der Waals surface area (Å²) in [5.41, 5.74) is -0.462. The fourth-order valence-electron chi connectivity index (χ4n) is 1.18. The second-order valence-electron chi connectivity index (χ2n) is 3.23. The molecule has 3 nitrogen and oxygen atoms in total. The van der Waals surface area contributed by atoms with Crippen LogP contribution in [0.15, 0.2) is 12.1 Å². The monoisotopic (exact) mass is 235 g/mol. The van der Waals surface area contributed by atoms with Crippen molar-refractivity contribution in [1.82, 2.24) is 0 Å². The van der Waals surface area contributed by atoms with Crippen LogP contribution in [0.3, 0.4) is 0 Å². The average molecular weight is 235 g/mol. The number of nitrogens with one attached hydrogen (secondary N) is 1. The lowest BCUT2D eigenvalue weighted by Gasteiger charge is -2.12. The van der Waals surface area contributed by atoms with Gasteiger partial charge in [0.2, 0.25) is 0 Å². The van der Waals surface area contributed by atoms with E-state index in [1.165, 1.54) is 7.11 Å². The first-order valence-corrected chi connectivity index (χ1v) is 4.60. The van der Waals surface area contributed by atoms with E-state index in [-0.39, 0.29) is 13.2 Å². The molecule has 6 heteroatoms. The molecule has 0 heterocycles. The van der Waals surface area contributed by atoms with Gasteiger partial charge in [-0.15, -0.1) is 0 Å². The summed E-state index contributed by atoms with van der Waals surface area (Å²) in [5.74, 6) is -3.07. The largest absolute Gasteiger partial charge is 0.389 e. The molecule has 1 aromatic carbocycles. The van der Waals surface area contributed by atoms with Crippen LogP contribution in [0.25, 0.3) is 0 Å². The van der Waals surface area contributed by atoms with Crippen molar-refractivity contribution in [3.63, 3.8) is 0 Å². The van der Waals surface area contributed by atoms with Gasteiger partial charge in [0.15, 0.2) is 11.6 Å². The molecular weight excluding hydrogens is 223 g/mol. The minimum Gasteiger partial charge on any atom is -0.389 e. The van der Waals surface area contributed by atoms with Gasteiger partial charge in [-0.2, -0.15) is 0 Å². The number of ether oxygens (including phenoxy) is 1. The van der Waals surface area contributed by atoms with E-state index < -0.39 is 29.2 Å². The molecule has 0 aliphatic carbocycles. The first kappa shape index (κ1) is 12.8. The molecule has 0 radical (unpaired) electrons. The van der Waals surface area contributed by atoms with Crippen LogP contribution in [0, 0.1) is 17.5 Å². The number of rotatable bonds is 5. The molecule has 0 aliphatic rings. The normalized spacial score (nSPS) is 12.6. The highest BCUT2D eigenvalue weighted by molar-refractivity contribution is 5.46. The van der Waals surface area contributed by atoms with E-state index in [0.29, 0.717) is 12.1 Å². The van der Waals surface area contributed by atoms with Crippen molar-refractivity contribution < 1.29 is 23.0 Å². The lowest BCUT2D eigenvalue weighted by Crippen LogP contribution is -2.24. The number of methoxy groups -OCH3 is 1. The van der Waals surface area contributed by atoms with Crippen molar-refractivity contribution >= 4 is 5.69 Å². The van der Waals surface area contributed by atoms with Gasteiger partial charge in [-0.1, -0.05) is 0 Å². The maximum atomic E-state index is 13.1. The number of aliphatic hydroxyl groups is 1. The average Bonchev–Trinajstić information content (AvgIpc) is 2.16. The molecule has 0 fully saturated rings. The predicted octanol–water partition coefficient (Wildman–Crippen LogP) is 1.52. The first-order valence-electron chi connectivity index (χ1n) is 4.60. The van der Waals surface area contributed by atoms with Gasteiger partial charge in [0.1, 0.15) is 11.5 Å². The van der Waals surface area contributed by atoms with Crippen molar-refractivity contribution in [2.45, 2.75) is 6.10 Å². The van der Waals surface area contributed by atoms with Gasteiger partial charge >= 0.3 is 0 Å². The van der Waals surface area contributed by atoms with E-state index in [2.05, 4.69) is 10.1 Å². The second-order valence-corrected chi connectivity index (χ2v) is 3.23. The second kappa shape index (κ2) is 5.72. The van der Waals surface area contributed by atoms with Crippen molar-refractivity contribution in [1.29, 1.82) is 0 Å². The molecule has 16 heavy (non-hydrogen) atoms. The van der Waals surface area contributed by atoms with Gasteiger partial charge in [-0.25, -0.2) is 13.2 Å². The van der Waals surface area contributed by atoms with Gasteiger partial charge in [0.05, 0.1) is 12.7 Å². The van der Waals surface area contributed by atoms with Crippen LogP contribution in [-0.4, -0.2) is 31.5 Å². The zero-order valence-corrected chi connectivity index (χ0v) is 8.64. The zero-order valence-electron chi connectivity index (χ0n) is 8.64. The van der Waals surface area contributed by atoms with Crippen molar-refractivity contribution in [3.05, 3.63) is 29.6 Å². The Morgan fingerprint density at radius 1 is 1.31 bits per heavy atom. The smallest absolute Gasteiger partial charge is 0.152 e. The van der Waals surface area contributed by atoms with Crippen LogP contribution in [0.4, 0.5) is 18.9 Å². The Balaban J connectivity index is 2.67. The quantitative estimate of drug-likeness (QED) is 0.813. The minimum atomic E-state index is -1.04. The molecule has 0 saturated carbocycles. The molecule has 1 unspecified atom stereocenters. The first-order chi connectivity index (χ1) is 7.54. The molecule has 0 bridgehead atoms. The lowest BCUT2D eigenvalue weighted by atomic mass is 10.2. The van der Waals surface area contributed by atoms with Crippen molar-refractivity contribution in [3.8, 4) is 0 Å². The third-order valence-electron chi connectivity index (χ3n) is 1.88. The standard InChI is InChI=1S/C10H12F3NO2/c1-16-5-7(15)4-14-10-8(12)2-6(11)3-9(10)13/h2-3,7,14-15H,4-5H2,1H3. The highest BCUT2D eigenvalue weighted by atomic mass is 19.1. The Morgan fingerprint density at radius 2 is 1.88 bits per heavy atom. The summed E-state index contributed by atoms with van der Waals surface area (Å²) >= 11 is 0. The maximum Gasteiger partial charge on any atom is 0.152 e. The molecule has 90 valence electrons. The van der Waals surface area contributed by atoms with Crippen LogP contribution in [0.5, 0.6) is 0 Å². The van der Waals surface area contributed by atoms with Crippen LogP contribution in [0.1, 0.15) is 0 Å². The number of halogens is 3. The maximum absolute atomic E-state index is 13.1. The van der Waals surface area contributed by atoms with E-state index in [9.17, 15) is 18.3 Å². The Morgan fingerprint density at radius 3 is 2.38 bits per heavy atom. The molecule has 1 aromatic rings. The molecule has 1 atom stereocenters. The van der Waals surface area contributed by atoms with E-state index in [0.717, 1.165) is 0 Å². The van der Waals surface area contributed by atoms with Gasteiger partial charge in [-0.3, -0.25) is 0 Å². The Labute approximate surface area is 90.8 Å². The molecule has 2 N–H and O–H groups in total. The van der Waals surface area contributed by atoms with Gasteiger partial charge in [0.25, 0.3) is 0 Å². The van der Waals surface area contributed by atoms with E-state index >= 15 is 0 Å². The molecule has 0 aliphatic heterocycles. The summed E-state index contributed by atoms with van der Waals surface area (Å²) in [6, 6.07) is 1.13. The third kappa shape index (κ3) is 3.39. The van der Waals surface area contributed by atoms with Gasteiger partial charge in [0, 0.05) is 25.8 Å². The molecule has 0 aromatic heterocycles. The summed E-state index contributed by atoms with van der Waals surface area (Å²) in [7, 11) is 1.39. The summed E-state index contributed by atoms with van der Waals surface area (Å²) in [6.07, 6.45) is -0.895. The number of anilines is 1. The van der Waals surface area contributed by atoms with Crippen LogP contribution in [-0.2, 0) is 4.74 Å². The Hall–Kier alpha value is -1.27. The van der Waals surface area contributed by atoms with E-state index in [4.69, 9.17) is 0 Å². The predicted molar refractivity (Wildman–Crippen MR) is 52.7 cm³/mol. The van der Waals surface area contributed by atoms with Crippen LogP contribution in [0.2, 0.25) is 0 Å². The SMILES string of the molecule is COCC(O)CNc1c(F)cc(F)cc1F. The van der Waals surface area contributed by atoms with Gasteiger partial charge < -0.3 is 15.2 Å². The summed E-state index contributed by atoms with van der Waals surface area (Å²) in [5, 5.41) is 11.6. The fourth-order valence-corrected chi connectivity index (χ4v) is 1.18. The summed E-state index contributed by atoms with van der Waals surface area (Å²) in [4.78, 5) is 0. The number of hydrogen-bond acceptors (Lipinski definition) is 3. The minimum absolute atomic E-state index is 0.0391. The Kier molecular flexibility index (Phi) is 4.57. The Bertz CT molecular complexity index is 337. The van der Waals surface area contributed by atoms with Crippen molar-refractivity contribution in [2.75, 3.05) is 25.6 Å². The highest BCUT2D eigenvalue weighted by Crippen LogP contribution is 2.19. The molecule has 1 rings (SSSR count). The number of benzene rings is 1. The molecule has 0 saturated heterocycles. The fraction of sp³-hybridized carbons (Fsp3) is 0.400. The van der Waals surface area contributed by atoms with Gasteiger partial charge in [-0.05, 0) is 0 Å². The van der Waals surface area contributed by atoms with Crippen LogP contribution >= 0.6 is 0 Å². The topological polar surface area (TPSA) is 41.5 Å². The third-order valence-corrected chi connectivity index (χ3v) is 1.88. The van der Waals surface area contributed by atoms with E-state index in [1.807, 2.05) is 0 Å². The molecule has 0 spiro atoms. The number of aliphatic hydroxyl groups excluding tert-OH is 1. The number of hydrogen-bond donors (Lipinski definition) is 2. The lowest BCUT2D eigenvalue weighted by molar-refractivity contribution is 0.0727. The highest BCUT2D eigenvalue weighted by Gasteiger charge is 2.12. The molecular formula is C10H12F3NO2. The van der Waals surface area contributed by atoms with E-state index in [1.54, 1.807) is 0 Å². The van der Waals surface area contributed by atoms with Crippen molar-refractivity contribution in [2.24, 2.45) is 0 Å². The van der Waals surface area contributed by atoms with Crippen LogP contribution < -0.4 is 5.32 Å².